The molecule has 0 bridgehead atoms. The minimum Gasteiger partial charge on any atom is -0.467 e. The lowest BCUT2D eigenvalue weighted by Crippen LogP contribution is -2.51. The number of hydrogen-bond donors (Lipinski definition) is 5. The number of esters is 1. The quantitative estimate of drug-likeness (QED) is 0.0699. The second kappa shape index (κ2) is 16.7. The standard InChI is InChI=1S/C34H30ClF5N8O6/c1-53-29(52)25(16-42-28(51)27(50)41-15-18-2-11-23(36)24(37)14-18)44-26(49)19-3-9-22(10-4-19)43-30-45-31(47-32(46-30)54-17-34(38,39)40)48-33(12-13-33)20-5-7-21(35)8-6-20/h2-11,14,25H,12-13,15-17H2,1H3,(H,41,50)(H,42,51)(H,44,49)(H2,43,45,46,47,48)/t25-/m0/s1. The number of carbonyl (C=O) groups is 4. The molecule has 54 heavy (non-hydrogen) atoms. The number of halogens is 6. The summed E-state index contributed by atoms with van der Waals surface area (Å²) in [5.74, 6) is -6.51. The molecular weight excluding hydrogens is 747 g/mol. The third-order valence-corrected chi connectivity index (χ3v) is 8.03. The Morgan fingerprint density at radius 3 is 2.17 bits per heavy atom. The second-order valence-corrected chi connectivity index (χ2v) is 12.2. The number of aromatic nitrogens is 3. The highest BCUT2D eigenvalue weighted by molar-refractivity contribution is 6.35. The van der Waals surface area contributed by atoms with E-state index in [-0.39, 0.29) is 29.6 Å². The Kier molecular flexibility index (Phi) is 12.1. The minimum atomic E-state index is -4.66. The molecule has 0 saturated heterocycles. The van der Waals surface area contributed by atoms with Crippen molar-refractivity contribution in [3.05, 3.63) is 100 Å². The minimum absolute atomic E-state index is 0.0379. The van der Waals surface area contributed by atoms with Crippen LogP contribution in [0.25, 0.3) is 0 Å². The number of rotatable bonds is 14. The van der Waals surface area contributed by atoms with Crippen LogP contribution in [0.2, 0.25) is 5.02 Å². The third-order valence-electron chi connectivity index (χ3n) is 7.78. The van der Waals surface area contributed by atoms with E-state index in [1.54, 1.807) is 12.1 Å². The van der Waals surface area contributed by atoms with Crippen LogP contribution in [0.5, 0.6) is 6.01 Å². The van der Waals surface area contributed by atoms with E-state index in [4.69, 9.17) is 16.3 Å². The average Bonchev–Trinajstić information content (AvgIpc) is 3.92. The number of amides is 3. The molecule has 5 rings (SSSR count). The lowest BCUT2D eigenvalue weighted by Gasteiger charge is -2.19. The van der Waals surface area contributed by atoms with E-state index in [1.165, 1.54) is 30.3 Å². The Balaban J connectivity index is 1.21. The monoisotopic (exact) mass is 776 g/mol. The molecule has 0 radical (unpaired) electrons. The van der Waals surface area contributed by atoms with Crippen molar-refractivity contribution in [1.82, 2.24) is 30.9 Å². The van der Waals surface area contributed by atoms with Gasteiger partial charge in [-0.15, -0.1) is 0 Å². The highest BCUT2D eigenvalue weighted by Crippen LogP contribution is 2.48. The number of alkyl halides is 3. The molecule has 284 valence electrons. The molecule has 20 heteroatoms. The zero-order chi connectivity index (χ0) is 39.0. The van der Waals surface area contributed by atoms with Gasteiger partial charge in [0, 0.05) is 29.4 Å². The summed E-state index contributed by atoms with van der Waals surface area (Å²) in [6.07, 6.45) is -3.29. The maximum atomic E-state index is 13.4. The zero-order valence-electron chi connectivity index (χ0n) is 28.0. The van der Waals surface area contributed by atoms with Crippen LogP contribution in [-0.2, 0) is 31.2 Å². The van der Waals surface area contributed by atoms with Gasteiger partial charge in [-0.25, -0.2) is 13.6 Å². The largest absolute Gasteiger partial charge is 0.467 e. The van der Waals surface area contributed by atoms with E-state index in [9.17, 15) is 41.1 Å². The van der Waals surface area contributed by atoms with E-state index in [0.717, 1.165) is 24.8 Å². The molecule has 4 aromatic rings. The summed E-state index contributed by atoms with van der Waals surface area (Å²) in [5.41, 5.74) is 0.811. The van der Waals surface area contributed by atoms with E-state index in [0.29, 0.717) is 23.6 Å². The van der Waals surface area contributed by atoms with Gasteiger partial charge < -0.3 is 36.1 Å². The van der Waals surface area contributed by atoms with Crippen LogP contribution < -0.4 is 31.3 Å². The lowest BCUT2D eigenvalue weighted by atomic mass is 10.1. The average molecular weight is 777 g/mol. The van der Waals surface area contributed by atoms with E-state index in [1.807, 2.05) is 12.1 Å². The molecule has 1 aliphatic carbocycles. The Bertz CT molecular complexity index is 2020. The number of methoxy groups -OCH3 is 1. The van der Waals surface area contributed by atoms with Crippen LogP contribution >= 0.6 is 11.6 Å². The molecule has 1 aromatic heterocycles. The molecule has 1 saturated carbocycles. The molecule has 14 nitrogen and oxygen atoms in total. The number of carbonyl (C=O) groups excluding carboxylic acids is 4. The van der Waals surface area contributed by atoms with Crippen LogP contribution in [0.3, 0.4) is 0 Å². The van der Waals surface area contributed by atoms with Crippen molar-refractivity contribution in [3.8, 4) is 6.01 Å². The topological polar surface area (TPSA) is 186 Å². The molecule has 3 aromatic carbocycles. The summed E-state index contributed by atoms with van der Waals surface area (Å²) >= 11 is 6.01. The van der Waals surface area contributed by atoms with Crippen molar-refractivity contribution >= 4 is 52.9 Å². The number of benzene rings is 3. The molecule has 3 amide bonds. The summed E-state index contributed by atoms with van der Waals surface area (Å²) < 4.78 is 74.8. The number of ether oxygens (including phenoxy) is 2. The smallest absolute Gasteiger partial charge is 0.422 e. The lowest BCUT2D eigenvalue weighted by molar-refractivity contribution is -0.154. The van der Waals surface area contributed by atoms with Gasteiger partial charge in [-0.05, 0) is 72.5 Å². The number of anilines is 3. The summed E-state index contributed by atoms with van der Waals surface area (Å²) in [6.45, 7) is -2.50. The van der Waals surface area contributed by atoms with Crippen LogP contribution in [-0.4, -0.2) is 71.1 Å². The normalized spacial score (nSPS) is 13.5. The first-order chi connectivity index (χ1) is 25.6. The summed E-state index contributed by atoms with van der Waals surface area (Å²) in [4.78, 5) is 62.1. The van der Waals surface area contributed by atoms with Crippen molar-refractivity contribution in [3.63, 3.8) is 0 Å². The van der Waals surface area contributed by atoms with Crippen LogP contribution in [0.4, 0.5) is 39.5 Å². The van der Waals surface area contributed by atoms with Gasteiger partial charge in [0.1, 0.15) is 6.04 Å². The van der Waals surface area contributed by atoms with E-state index in [2.05, 4.69) is 46.3 Å². The summed E-state index contributed by atoms with van der Waals surface area (Å²) in [6, 6.07) is 13.5. The third kappa shape index (κ3) is 10.7. The maximum Gasteiger partial charge on any atom is 0.422 e. The molecule has 0 spiro atoms. The molecular formula is C34H30ClF5N8O6. The Labute approximate surface area is 308 Å². The van der Waals surface area contributed by atoms with Gasteiger partial charge in [0.05, 0.1) is 12.6 Å². The first-order valence-corrected chi connectivity index (χ1v) is 16.3. The molecule has 1 fully saturated rings. The van der Waals surface area contributed by atoms with Crippen LogP contribution in [0.1, 0.15) is 34.3 Å². The highest BCUT2D eigenvalue weighted by atomic mass is 35.5. The molecule has 1 aliphatic rings. The Hall–Kier alpha value is -6.11. The van der Waals surface area contributed by atoms with Gasteiger partial charge in [0.25, 0.3) is 5.91 Å². The molecule has 0 unspecified atom stereocenters. The fourth-order valence-electron chi connectivity index (χ4n) is 4.87. The Morgan fingerprint density at radius 1 is 0.870 bits per heavy atom. The molecule has 1 atom stereocenters. The van der Waals surface area contributed by atoms with Gasteiger partial charge in [-0.3, -0.25) is 14.4 Å². The molecule has 0 aliphatic heterocycles. The van der Waals surface area contributed by atoms with Gasteiger partial charge in [0.15, 0.2) is 18.2 Å². The summed E-state index contributed by atoms with van der Waals surface area (Å²) in [5, 5.41) is 13.3. The first-order valence-electron chi connectivity index (χ1n) is 15.9. The number of hydrogen-bond acceptors (Lipinski definition) is 11. The van der Waals surface area contributed by atoms with Crippen molar-refractivity contribution < 1.29 is 50.6 Å². The predicted molar refractivity (Wildman–Crippen MR) is 182 cm³/mol. The van der Waals surface area contributed by atoms with Gasteiger partial charge >= 0.3 is 30.0 Å². The van der Waals surface area contributed by atoms with Crippen LogP contribution in [0, 0.1) is 11.6 Å². The SMILES string of the molecule is COC(=O)[C@H](CNC(=O)C(=O)NCc1ccc(F)c(F)c1)NC(=O)c1ccc(Nc2nc(NC3(c4ccc(Cl)cc4)CC3)nc(OCC(F)(F)F)n2)cc1. The zero-order valence-corrected chi connectivity index (χ0v) is 28.8. The van der Waals surface area contributed by atoms with Crippen molar-refractivity contribution in [2.75, 3.05) is 30.9 Å². The fraction of sp³-hybridized carbons (Fsp3) is 0.265. The highest BCUT2D eigenvalue weighted by Gasteiger charge is 2.45. The van der Waals surface area contributed by atoms with Crippen LogP contribution in [0.15, 0.2) is 66.7 Å². The summed E-state index contributed by atoms with van der Waals surface area (Å²) in [7, 11) is 1.04. The maximum absolute atomic E-state index is 13.4. The van der Waals surface area contributed by atoms with Gasteiger partial charge in [0.2, 0.25) is 11.9 Å². The van der Waals surface area contributed by atoms with Crippen molar-refractivity contribution in [1.29, 1.82) is 0 Å². The van der Waals surface area contributed by atoms with Crippen molar-refractivity contribution in [2.45, 2.75) is 37.1 Å². The van der Waals surface area contributed by atoms with Gasteiger partial charge in [-0.2, -0.15) is 28.1 Å². The second-order valence-electron chi connectivity index (χ2n) is 11.8. The predicted octanol–water partition coefficient (Wildman–Crippen LogP) is 4.29. The number of nitrogens with zero attached hydrogens (tertiary/aromatic N) is 3. The van der Waals surface area contributed by atoms with Gasteiger partial charge in [-0.1, -0.05) is 29.8 Å². The number of nitrogens with one attached hydrogen (secondary N) is 5. The van der Waals surface area contributed by atoms with E-state index >= 15 is 0 Å². The first kappa shape index (κ1) is 39.1. The Morgan fingerprint density at radius 2 is 1.54 bits per heavy atom. The molecule has 1 heterocycles. The van der Waals surface area contributed by atoms with E-state index < -0.39 is 72.2 Å². The van der Waals surface area contributed by atoms with Crippen molar-refractivity contribution in [2.24, 2.45) is 0 Å². The fourth-order valence-corrected chi connectivity index (χ4v) is 5.00. The molecule has 5 N–H and O–H groups in total.